The van der Waals surface area contributed by atoms with Gasteiger partial charge in [-0.25, -0.2) is 4.98 Å². The third-order valence-corrected chi connectivity index (χ3v) is 3.25. The molecule has 0 saturated heterocycles. The maximum atomic E-state index is 12.7. The van der Waals surface area contributed by atoms with E-state index in [1.54, 1.807) is 18.3 Å². The van der Waals surface area contributed by atoms with E-state index in [-0.39, 0.29) is 10.9 Å². The second kappa shape index (κ2) is 7.04. The van der Waals surface area contributed by atoms with Crippen LogP contribution in [0.3, 0.4) is 0 Å². The molecular weight excluding hydrogens is 284 g/mol. The predicted octanol–water partition coefficient (Wildman–Crippen LogP) is 3.61. The number of hydrogen-bond acceptors (Lipinski definition) is 3. The van der Waals surface area contributed by atoms with Gasteiger partial charge in [-0.3, -0.25) is 4.79 Å². The lowest BCUT2D eigenvalue weighted by atomic mass is 9.98. The van der Waals surface area contributed by atoms with Crippen molar-refractivity contribution in [2.75, 3.05) is 14.1 Å². The van der Waals surface area contributed by atoms with Crippen LogP contribution in [0.25, 0.3) is 0 Å². The molecule has 0 fully saturated rings. The third-order valence-electron chi connectivity index (χ3n) is 2.95. The number of rotatable bonds is 5. The fourth-order valence-electron chi connectivity index (χ4n) is 2.04. The van der Waals surface area contributed by atoms with Gasteiger partial charge in [0.25, 0.3) is 0 Å². The van der Waals surface area contributed by atoms with E-state index in [9.17, 15) is 4.79 Å². The number of allylic oxidation sites excluding steroid dienone is 1. The molecule has 1 aromatic heterocycles. The summed E-state index contributed by atoms with van der Waals surface area (Å²) in [5.41, 5.74) is 2.20. The van der Waals surface area contributed by atoms with Gasteiger partial charge in [0.15, 0.2) is 5.78 Å². The van der Waals surface area contributed by atoms with E-state index in [0.29, 0.717) is 17.6 Å². The van der Waals surface area contributed by atoms with Gasteiger partial charge >= 0.3 is 0 Å². The minimum absolute atomic E-state index is 0.0920. The molecule has 4 heteroatoms. The van der Waals surface area contributed by atoms with Crippen LogP contribution in [0.15, 0.2) is 60.4 Å². The number of pyridine rings is 1. The molecule has 0 aliphatic rings. The van der Waals surface area contributed by atoms with Crippen molar-refractivity contribution in [3.63, 3.8) is 0 Å². The van der Waals surface area contributed by atoms with Crippen LogP contribution in [0.2, 0.25) is 5.15 Å². The fourth-order valence-corrected chi connectivity index (χ4v) is 2.25. The number of aromatic nitrogens is 1. The lowest BCUT2D eigenvalue weighted by Gasteiger charge is -2.12. The standard InChI is InChI=1S/C17H17ClN2O/c1-20(2)12-14(11-13-7-4-3-5-8-13)16(21)15-9-6-10-19-17(15)18/h3-10,12H,11H2,1-2H3. The second-order valence-corrected chi connectivity index (χ2v) is 5.31. The van der Waals surface area contributed by atoms with E-state index in [2.05, 4.69) is 4.98 Å². The monoisotopic (exact) mass is 300 g/mol. The number of hydrogen-bond donors (Lipinski definition) is 0. The molecule has 0 radical (unpaired) electrons. The molecule has 0 aliphatic heterocycles. The minimum atomic E-state index is -0.0920. The quantitative estimate of drug-likeness (QED) is 0.480. The zero-order chi connectivity index (χ0) is 15.2. The van der Waals surface area contributed by atoms with Crippen molar-refractivity contribution in [2.24, 2.45) is 0 Å². The number of benzene rings is 1. The van der Waals surface area contributed by atoms with Crippen LogP contribution in [-0.2, 0) is 6.42 Å². The van der Waals surface area contributed by atoms with E-state index in [1.165, 1.54) is 0 Å². The number of halogens is 1. The summed E-state index contributed by atoms with van der Waals surface area (Å²) in [7, 11) is 3.78. The van der Waals surface area contributed by atoms with Crippen LogP contribution in [-0.4, -0.2) is 29.8 Å². The van der Waals surface area contributed by atoms with Crippen LogP contribution in [0, 0.1) is 0 Å². The summed E-state index contributed by atoms with van der Waals surface area (Å²) in [6, 6.07) is 13.3. The first-order valence-electron chi connectivity index (χ1n) is 6.64. The topological polar surface area (TPSA) is 33.2 Å². The Morgan fingerprint density at radius 2 is 1.90 bits per heavy atom. The normalized spacial score (nSPS) is 11.3. The predicted molar refractivity (Wildman–Crippen MR) is 85.5 cm³/mol. The largest absolute Gasteiger partial charge is 0.383 e. The highest BCUT2D eigenvalue weighted by Crippen LogP contribution is 2.19. The van der Waals surface area contributed by atoms with Crippen molar-refractivity contribution in [1.29, 1.82) is 0 Å². The highest BCUT2D eigenvalue weighted by molar-refractivity contribution is 6.33. The second-order valence-electron chi connectivity index (χ2n) is 4.95. The molecule has 0 unspecified atom stereocenters. The first-order valence-corrected chi connectivity index (χ1v) is 7.02. The molecule has 2 rings (SSSR count). The molecule has 0 amide bonds. The van der Waals surface area contributed by atoms with Crippen molar-refractivity contribution < 1.29 is 4.79 Å². The molecule has 3 nitrogen and oxygen atoms in total. The molecule has 1 heterocycles. The molecule has 0 atom stereocenters. The van der Waals surface area contributed by atoms with Crippen LogP contribution < -0.4 is 0 Å². The van der Waals surface area contributed by atoms with E-state index < -0.39 is 0 Å². The van der Waals surface area contributed by atoms with Crippen LogP contribution >= 0.6 is 11.6 Å². The lowest BCUT2D eigenvalue weighted by Crippen LogP contribution is -2.12. The minimum Gasteiger partial charge on any atom is -0.383 e. The Labute approximate surface area is 129 Å². The molecule has 0 spiro atoms. The number of ketones is 1. The summed E-state index contributed by atoms with van der Waals surface area (Å²) in [5.74, 6) is -0.0920. The van der Waals surface area contributed by atoms with Gasteiger partial charge in [-0.05, 0) is 17.7 Å². The Morgan fingerprint density at radius 1 is 1.19 bits per heavy atom. The fraction of sp³-hybridized carbons (Fsp3) is 0.176. The molecule has 0 aliphatic carbocycles. The number of carbonyl (C=O) groups is 1. The van der Waals surface area contributed by atoms with E-state index >= 15 is 0 Å². The third kappa shape index (κ3) is 4.17. The van der Waals surface area contributed by atoms with Gasteiger partial charge in [0.2, 0.25) is 0 Å². The Kier molecular flexibility index (Phi) is 5.12. The molecular formula is C17H17ClN2O. The average molecular weight is 301 g/mol. The molecule has 0 saturated carbocycles. The van der Waals surface area contributed by atoms with Gasteiger partial charge in [0.05, 0.1) is 5.56 Å². The van der Waals surface area contributed by atoms with Crippen LogP contribution in [0.1, 0.15) is 15.9 Å². The highest BCUT2D eigenvalue weighted by atomic mass is 35.5. The van der Waals surface area contributed by atoms with E-state index in [0.717, 1.165) is 5.56 Å². The van der Waals surface area contributed by atoms with E-state index in [4.69, 9.17) is 11.6 Å². The lowest BCUT2D eigenvalue weighted by molar-refractivity contribution is 0.103. The average Bonchev–Trinajstić information content (AvgIpc) is 2.47. The molecule has 1 aromatic carbocycles. The van der Waals surface area contributed by atoms with E-state index in [1.807, 2.05) is 55.5 Å². The number of nitrogens with zero attached hydrogens (tertiary/aromatic N) is 2. The number of carbonyl (C=O) groups excluding carboxylic acids is 1. The molecule has 108 valence electrons. The highest BCUT2D eigenvalue weighted by Gasteiger charge is 2.16. The van der Waals surface area contributed by atoms with Crippen molar-refractivity contribution in [3.8, 4) is 0 Å². The van der Waals surface area contributed by atoms with Gasteiger partial charge in [0.1, 0.15) is 5.15 Å². The first-order chi connectivity index (χ1) is 10.1. The molecule has 21 heavy (non-hydrogen) atoms. The molecule has 0 bridgehead atoms. The zero-order valence-electron chi connectivity index (χ0n) is 12.1. The van der Waals surface area contributed by atoms with Gasteiger partial charge < -0.3 is 4.90 Å². The SMILES string of the molecule is CN(C)C=C(Cc1ccccc1)C(=O)c1cccnc1Cl. The van der Waals surface area contributed by atoms with Gasteiger partial charge in [-0.2, -0.15) is 0 Å². The summed E-state index contributed by atoms with van der Waals surface area (Å²) >= 11 is 6.03. The zero-order valence-corrected chi connectivity index (χ0v) is 12.8. The van der Waals surface area contributed by atoms with Gasteiger partial charge in [-0.15, -0.1) is 0 Å². The smallest absolute Gasteiger partial charge is 0.193 e. The maximum absolute atomic E-state index is 12.7. The summed E-state index contributed by atoms with van der Waals surface area (Å²) < 4.78 is 0. The number of Topliss-reactive ketones (excluding diaryl/α,β-unsaturated/α-hetero) is 1. The summed E-state index contributed by atoms with van der Waals surface area (Å²) in [6.45, 7) is 0. The summed E-state index contributed by atoms with van der Waals surface area (Å²) in [4.78, 5) is 18.5. The Bertz CT molecular complexity index is 651. The van der Waals surface area contributed by atoms with Crippen molar-refractivity contribution >= 4 is 17.4 Å². The van der Waals surface area contributed by atoms with Crippen molar-refractivity contribution in [1.82, 2.24) is 9.88 Å². The Balaban J connectivity index is 2.33. The molecule has 0 N–H and O–H groups in total. The summed E-state index contributed by atoms with van der Waals surface area (Å²) in [6.07, 6.45) is 3.97. The van der Waals surface area contributed by atoms with Gasteiger partial charge in [-0.1, -0.05) is 41.9 Å². The summed E-state index contributed by atoms with van der Waals surface area (Å²) in [5, 5.41) is 0.236. The Hall–Kier alpha value is -2.13. The first kappa shape index (κ1) is 15.3. The van der Waals surface area contributed by atoms with Crippen LogP contribution in [0.5, 0.6) is 0 Å². The van der Waals surface area contributed by atoms with Crippen molar-refractivity contribution in [2.45, 2.75) is 6.42 Å². The molecule has 2 aromatic rings. The maximum Gasteiger partial charge on any atom is 0.193 e. The van der Waals surface area contributed by atoms with Crippen molar-refractivity contribution in [3.05, 3.63) is 76.7 Å². The van der Waals surface area contributed by atoms with Crippen LogP contribution in [0.4, 0.5) is 0 Å². The Morgan fingerprint density at radius 3 is 2.52 bits per heavy atom. The van der Waals surface area contributed by atoms with Gasteiger partial charge in [0, 0.05) is 38.5 Å².